The van der Waals surface area contributed by atoms with Gasteiger partial charge in [-0.3, -0.25) is 9.48 Å². The molecule has 134 valence electrons. The van der Waals surface area contributed by atoms with Gasteiger partial charge in [0.25, 0.3) is 0 Å². The Morgan fingerprint density at radius 3 is 2.40 bits per heavy atom. The summed E-state index contributed by atoms with van der Waals surface area (Å²) >= 11 is 0. The van der Waals surface area contributed by atoms with Gasteiger partial charge < -0.3 is 10.4 Å². The predicted octanol–water partition coefficient (Wildman–Crippen LogP) is 3.36. The minimum absolute atomic E-state index is 0.0781. The highest BCUT2D eigenvalue weighted by Gasteiger charge is 2.12. The Balaban J connectivity index is 1.85. The molecule has 0 radical (unpaired) electrons. The summed E-state index contributed by atoms with van der Waals surface area (Å²) in [5, 5.41) is 15.8. The standard InChI is InChI=1S/C19H25N3O3/c1-4-13(2)15-5-7-16(8-6-15)14(3)21-18(23)9-10-22-12-17(11-20-22)19(24)25/h5-8,11-14H,4,9-10H2,1-3H3,(H,21,23)(H,24,25). The maximum absolute atomic E-state index is 12.1. The molecule has 25 heavy (non-hydrogen) atoms. The summed E-state index contributed by atoms with van der Waals surface area (Å²) in [5.41, 5.74) is 2.49. The molecule has 1 heterocycles. The highest BCUT2D eigenvalue weighted by atomic mass is 16.4. The van der Waals surface area contributed by atoms with Crippen molar-refractivity contribution < 1.29 is 14.7 Å². The van der Waals surface area contributed by atoms with E-state index in [1.165, 1.54) is 22.6 Å². The van der Waals surface area contributed by atoms with E-state index in [1.54, 1.807) is 0 Å². The number of rotatable bonds is 8. The number of benzene rings is 1. The molecule has 0 aliphatic rings. The lowest BCUT2D eigenvalue weighted by Gasteiger charge is -2.16. The molecular weight excluding hydrogens is 318 g/mol. The van der Waals surface area contributed by atoms with Gasteiger partial charge in [0.2, 0.25) is 5.91 Å². The highest BCUT2D eigenvalue weighted by molar-refractivity contribution is 5.86. The smallest absolute Gasteiger partial charge is 0.338 e. The summed E-state index contributed by atoms with van der Waals surface area (Å²) in [6, 6.07) is 8.26. The van der Waals surface area contributed by atoms with Crippen LogP contribution in [0.2, 0.25) is 0 Å². The summed E-state index contributed by atoms with van der Waals surface area (Å²) < 4.78 is 1.47. The fraction of sp³-hybridized carbons (Fsp3) is 0.421. The minimum Gasteiger partial charge on any atom is -0.478 e. The second-order valence-corrected chi connectivity index (χ2v) is 6.31. The van der Waals surface area contributed by atoms with Crippen LogP contribution in [0, 0.1) is 0 Å². The van der Waals surface area contributed by atoms with Crippen LogP contribution in [-0.4, -0.2) is 26.8 Å². The van der Waals surface area contributed by atoms with Gasteiger partial charge >= 0.3 is 5.97 Å². The average molecular weight is 343 g/mol. The summed E-state index contributed by atoms with van der Waals surface area (Å²) in [7, 11) is 0. The average Bonchev–Trinajstić information content (AvgIpc) is 3.08. The monoisotopic (exact) mass is 343 g/mol. The van der Waals surface area contributed by atoms with Crippen LogP contribution in [0.25, 0.3) is 0 Å². The van der Waals surface area contributed by atoms with E-state index < -0.39 is 5.97 Å². The van der Waals surface area contributed by atoms with E-state index in [1.807, 2.05) is 6.92 Å². The van der Waals surface area contributed by atoms with Crippen LogP contribution < -0.4 is 5.32 Å². The summed E-state index contributed by atoms with van der Waals surface area (Å²) in [4.78, 5) is 22.9. The van der Waals surface area contributed by atoms with Crippen LogP contribution in [0.3, 0.4) is 0 Å². The van der Waals surface area contributed by atoms with Gasteiger partial charge in [-0.1, -0.05) is 38.1 Å². The summed E-state index contributed by atoms with van der Waals surface area (Å²) in [6.07, 6.45) is 4.05. The number of carbonyl (C=O) groups excluding carboxylic acids is 1. The first-order valence-electron chi connectivity index (χ1n) is 8.55. The second kappa shape index (κ2) is 8.46. The lowest BCUT2D eigenvalue weighted by molar-refractivity contribution is -0.122. The van der Waals surface area contributed by atoms with Crippen molar-refractivity contribution >= 4 is 11.9 Å². The number of amides is 1. The van der Waals surface area contributed by atoms with Crippen molar-refractivity contribution in [3.63, 3.8) is 0 Å². The molecular formula is C19H25N3O3. The SMILES string of the molecule is CCC(C)c1ccc(C(C)NC(=O)CCn2cc(C(=O)O)cn2)cc1. The summed E-state index contributed by atoms with van der Waals surface area (Å²) in [5.74, 6) is -0.584. The van der Waals surface area contributed by atoms with E-state index in [9.17, 15) is 9.59 Å². The number of carboxylic acids is 1. The van der Waals surface area contributed by atoms with Crippen LogP contribution in [0.15, 0.2) is 36.7 Å². The fourth-order valence-electron chi connectivity index (χ4n) is 2.56. The van der Waals surface area contributed by atoms with Crippen molar-refractivity contribution in [1.82, 2.24) is 15.1 Å². The third-order valence-electron chi connectivity index (χ3n) is 4.44. The Labute approximate surface area is 147 Å². The molecule has 0 saturated carbocycles. The zero-order chi connectivity index (χ0) is 18.4. The Kier molecular flexibility index (Phi) is 6.33. The van der Waals surface area contributed by atoms with Gasteiger partial charge in [-0.2, -0.15) is 5.10 Å². The maximum Gasteiger partial charge on any atom is 0.338 e. The molecule has 2 aromatic rings. The van der Waals surface area contributed by atoms with Crippen LogP contribution in [0.1, 0.15) is 67.1 Å². The first-order chi connectivity index (χ1) is 11.9. The first-order valence-corrected chi connectivity index (χ1v) is 8.55. The Morgan fingerprint density at radius 2 is 1.84 bits per heavy atom. The zero-order valence-corrected chi connectivity index (χ0v) is 14.9. The Bertz CT molecular complexity index is 722. The van der Waals surface area contributed by atoms with Crippen molar-refractivity contribution in [2.75, 3.05) is 0 Å². The van der Waals surface area contributed by atoms with Crippen molar-refractivity contribution in [2.45, 2.75) is 52.1 Å². The maximum atomic E-state index is 12.1. The van der Waals surface area contributed by atoms with Gasteiger partial charge in [-0.25, -0.2) is 4.79 Å². The molecule has 2 rings (SSSR count). The quantitative estimate of drug-likeness (QED) is 0.770. The predicted molar refractivity (Wildman–Crippen MR) is 95.5 cm³/mol. The van der Waals surface area contributed by atoms with Crippen molar-refractivity contribution in [3.8, 4) is 0 Å². The third-order valence-corrected chi connectivity index (χ3v) is 4.44. The summed E-state index contributed by atoms with van der Waals surface area (Å²) in [6.45, 7) is 6.66. The molecule has 6 nitrogen and oxygen atoms in total. The van der Waals surface area contributed by atoms with Crippen LogP contribution in [0.4, 0.5) is 0 Å². The molecule has 0 aliphatic heterocycles. The van der Waals surface area contributed by atoms with Gasteiger partial charge in [0, 0.05) is 19.2 Å². The lowest BCUT2D eigenvalue weighted by atomic mass is 9.96. The van der Waals surface area contributed by atoms with Crippen LogP contribution >= 0.6 is 0 Å². The van der Waals surface area contributed by atoms with Crippen molar-refractivity contribution in [1.29, 1.82) is 0 Å². The molecule has 0 fully saturated rings. The molecule has 0 saturated heterocycles. The zero-order valence-electron chi connectivity index (χ0n) is 14.9. The van der Waals surface area contributed by atoms with E-state index >= 15 is 0 Å². The van der Waals surface area contributed by atoms with E-state index in [0.717, 1.165) is 12.0 Å². The molecule has 2 N–H and O–H groups in total. The number of nitrogens with one attached hydrogen (secondary N) is 1. The number of nitrogens with zero attached hydrogens (tertiary/aromatic N) is 2. The van der Waals surface area contributed by atoms with E-state index in [-0.39, 0.29) is 23.9 Å². The number of carboxylic acid groups (broad SMARTS) is 1. The largest absolute Gasteiger partial charge is 0.478 e. The molecule has 1 amide bonds. The number of aromatic nitrogens is 2. The Hall–Kier alpha value is -2.63. The fourth-order valence-corrected chi connectivity index (χ4v) is 2.56. The van der Waals surface area contributed by atoms with Gasteiger partial charge in [0.15, 0.2) is 0 Å². The topological polar surface area (TPSA) is 84.2 Å². The molecule has 0 aliphatic carbocycles. The molecule has 1 aromatic heterocycles. The lowest BCUT2D eigenvalue weighted by Crippen LogP contribution is -2.27. The Morgan fingerprint density at radius 1 is 1.20 bits per heavy atom. The molecule has 0 bridgehead atoms. The number of aryl methyl sites for hydroxylation is 1. The second-order valence-electron chi connectivity index (χ2n) is 6.31. The molecule has 1 aromatic carbocycles. The number of hydrogen-bond donors (Lipinski definition) is 2. The van der Waals surface area contributed by atoms with E-state index in [0.29, 0.717) is 12.5 Å². The first kappa shape index (κ1) is 18.7. The van der Waals surface area contributed by atoms with Crippen molar-refractivity contribution in [3.05, 3.63) is 53.3 Å². The number of hydrogen-bond acceptors (Lipinski definition) is 3. The van der Waals surface area contributed by atoms with Crippen LogP contribution in [0.5, 0.6) is 0 Å². The molecule has 2 unspecified atom stereocenters. The van der Waals surface area contributed by atoms with Gasteiger partial charge in [0.05, 0.1) is 17.8 Å². The molecule has 2 atom stereocenters. The molecule has 6 heteroatoms. The third kappa shape index (κ3) is 5.17. The molecule has 0 spiro atoms. The minimum atomic E-state index is -1.02. The van der Waals surface area contributed by atoms with Gasteiger partial charge in [-0.05, 0) is 30.4 Å². The van der Waals surface area contributed by atoms with Crippen LogP contribution in [-0.2, 0) is 11.3 Å². The normalized spacial score (nSPS) is 13.2. The number of carbonyl (C=O) groups is 2. The highest BCUT2D eigenvalue weighted by Crippen LogP contribution is 2.21. The van der Waals surface area contributed by atoms with Gasteiger partial charge in [0.1, 0.15) is 0 Å². The van der Waals surface area contributed by atoms with E-state index in [2.05, 4.69) is 48.5 Å². The van der Waals surface area contributed by atoms with Crippen molar-refractivity contribution in [2.24, 2.45) is 0 Å². The number of aromatic carboxylic acids is 1. The van der Waals surface area contributed by atoms with Gasteiger partial charge in [-0.15, -0.1) is 0 Å². The van der Waals surface area contributed by atoms with E-state index in [4.69, 9.17) is 5.11 Å².